The van der Waals surface area contributed by atoms with Crippen LogP contribution in [-0.2, 0) is 24.3 Å². The van der Waals surface area contributed by atoms with Gasteiger partial charge in [0.15, 0.2) is 0 Å². The number of piperidine rings is 1. The second-order valence-electron chi connectivity index (χ2n) is 7.53. The SMILES string of the molecule is COC(=O)CC(NC(=O)C1CCN(S(=O)(=O)c2ccc(Cl)cc2)CC1)c1ccc(F)cc1. The van der Waals surface area contributed by atoms with Crippen molar-refractivity contribution in [1.29, 1.82) is 0 Å². The zero-order valence-electron chi connectivity index (χ0n) is 17.5. The van der Waals surface area contributed by atoms with E-state index in [2.05, 4.69) is 5.32 Å². The van der Waals surface area contributed by atoms with Gasteiger partial charge in [-0.25, -0.2) is 12.8 Å². The molecular formula is C22H24ClFN2O5S. The van der Waals surface area contributed by atoms with E-state index in [9.17, 15) is 22.4 Å². The average Bonchev–Trinajstić information content (AvgIpc) is 2.79. The summed E-state index contributed by atoms with van der Waals surface area (Å²) in [5.41, 5.74) is 0.577. The topological polar surface area (TPSA) is 92.8 Å². The van der Waals surface area contributed by atoms with Gasteiger partial charge >= 0.3 is 5.97 Å². The predicted octanol–water partition coefficient (Wildman–Crippen LogP) is 3.30. The molecule has 3 rings (SSSR count). The summed E-state index contributed by atoms with van der Waals surface area (Å²) in [4.78, 5) is 24.8. The maximum atomic E-state index is 13.3. The lowest BCUT2D eigenvalue weighted by molar-refractivity contribution is -0.141. The number of nitrogens with one attached hydrogen (secondary N) is 1. The van der Waals surface area contributed by atoms with Crippen LogP contribution in [0.3, 0.4) is 0 Å². The Morgan fingerprint density at radius 3 is 2.28 bits per heavy atom. The van der Waals surface area contributed by atoms with Gasteiger partial charge in [0, 0.05) is 24.0 Å². The van der Waals surface area contributed by atoms with E-state index in [-0.39, 0.29) is 30.3 Å². The maximum Gasteiger partial charge on any atom is 0.307 e. The van der Waals surface area contributed by atoms with Gasteiger partial charge in [0.2, 0.25) is 15.9 Å². The number of carbonyl (C=O) groups excluding carboxylic acids is 2. The van der Waals surface area contributed by atoms with Crippen LogP contribution in [0.15, 0.2) is 53.4 Å². The number of sulfonamides is 1. The molecule has 0 aliphatic carbocycles. The third-order valence-corrected chi connectivity index (χ3v) is 7.63. The van der Waals surface area contributed by atoms with Crippen LogP contribution in [-0.4, -0.2) is 44.8 Å². The van der Waals surface area contributed by atoms with Crippen LogP contribution in [0.5, 0.6) is 0 Å². The standard InChI is InChI=1S/C22H24ClFN2O5S/c1-31-21(27)14-20(15-2-6-18(24)7-3-15)25-22(28)16-10-12-26(13-11-16)32(29,30)19-8-4-17(23)5-9-19/h2-9,16,20H,10-14H2,1H3,(H,25,28). The number of ether oxygens (including phenoxy) is 1. The molecule has 2 aromatic carbocycles. The van der Waals surface area contributed by atoms with E-state index in [4.69, 9.17) is 16.3 Å². The van der Waals surface area contributed by atoms with Crippen molar-refractivity contribution in [3.63, 3.8) is 0 Å². The molecule has 172 valence electrons. The second-order valence-corrected chi connectivity index (χ2v) is 9.90. The molecule has 0 radical (unpaired) electrons. The third kappa shape index (κ3) is 5.85. The fourth-order valence-electron chi connectivity index (χ4n) is 3.60. The Bertz CT molecular complexity index is 1050. The minimum atomic E-state index is -3.67. The predicted molar refractivity (Wildman–Crippen MR) is 117 cm³/mol. The summed E-state index contributed by atoms with van der Waals surface area (Å²) in [5.74, 6) is -1.63. The van der Waals surface area contributed by atoms with Crippen LogP contribution in [0, 0.1) is 11.7 Å². The molecule has 0 aromatic heterocycles. The highest BCUT2D eigenvalue weighted by Crippen LogP contribution is 2.26. The Morgan fingerprint density at radius 2 is 1.72 bits per heavy atom. The van der Waals surface area contributed by atoms with Gasteiger partial charge in [0.1, 0.15) is 5.82 Å². The van der Waals surface area contributed by atoms with Crippen LogP contribution in [0.4, 0.5) is 4.39 Å². The van der Waals surface area contributed by atoms with E-state index >= 15 is 0 Å². The zero-order valence-corrected chi connectivity index (χ0v) is 19.0. The molecule has 1 fully saturated rings. The smallest absolute Gasteiger partial charge is 0.307 e. The van der Waals surface area contributed by atoms with Gasteiger partial charge in [-0.15, -0.1) is 0 Å². The molecule has 1 heterocycles. The minimum Gasteiger partial charge on any atom is -0.469 e. The molecule has 7 nitrogen and oxygen atoms in total. The molecule has 0 bridgehead atoms. The number of halogens is 2. The maximum absolute atomic E-state index is 13.3. The van der Waals surface area contributed by atoms with Crippen LogP contribution in [0.25, 0.3) is 0 Å². The normalized spacial score (nSPS) is 16.3. The van der Waals surface area contributed by atoms with Gasteiger partial charge in [-0.05, 0) is 54.8 Å². The number of nitrogens with zero attached hydrogens (tertiary/aromatic N) is 1. The van der Waals surface area contributed by atoms with Crippen molar-refractivity contribution in [2.75, 3.05) is 20.2 Å². The molecule has 0 saturated carbocycles. The van der Waals surface area contributed by atoms with Crippen molar-refractivity contribution < 1.29 is 27.1 Å². The first-order valence-electron chi connectivity index (χ1n) is 10.1. The van der Waals surface area contributed by atoms with E-state index in [0.29, 0.717) is 23.4 Å². The van der Waals surface area contributed by atoms with E-state index in [1.807, 2.05) is 0 Å². The van der Waals surface area contributed by atoms with Crippen molar-refractivity contribution >= 4 is 33.5 Å². The van der Waals surface area contributed by atoms with Crippen molar-refractivity contribution in [2.45, 2.75) is 30.2 Å². The lowest BCUT2D eigenvalue weighted by atomic mass is 9.95. The van der Waals surface area contributed by atoms with Gasteiger partial charge in [0.25, 0.3) is 0 Å². The van der Waals surface area contributed by atoms with E-state index in [0.717, 1.165) is 0 Å². The number of hydrogen-bond donors (Lipinski definition) is 1. The molecule has 0 spiro atoms. The highest BCUT2D eigenvalue weighted by Gasteiger charge is 2.33. The molecule has 2 aromatic rings. The third-order valence-electron chi connectivity index (χ3n) is 5.46. The summed E-state index contributed by atoms with van der Waals surface area (Å²) in [6.07, 6.45) is 0.581. The zero-order chi connectivity index (χ0) is 23.3. The quantitative estimate of drug-likeness (QED) is 0.611. The first kappa shape index (κ1) is 24.2. The van der Waals surface area contributed by atoms with Crippen LogP contribution < -0.4 is 5.32 Å². The average molecular weight is 483 g/mol. The van der Waals surface area contributed by atoms with E-state index in [1.165, 1.54) is 59.9 Å². The lowest BCUT2D eigenvalue weighted by Gasteiger charge is -2.31. The van der Waals surface area contributed by atoms with Crippen LogP contribution >= 0.6 is 11.6 Å². The summed E-state index contributed by atoms with van der Waals surface area (Å²) in [5, 5.41) is 3.28. The first-order chi connectivity index (χ1) is 15.2. The molecule has 1 saturated heterocycles. The second kappa shape index (κ2) is 10.4. The largest absolute Gasteiger partial charge is 0.469 e. The van der Waals surface area contributed by atoms with Gasteiger partial charge in [-0.3, -0.25) is 9.59 Å². The molecule has 1 N–H and O–H groups in total. The number of amides is 1. The van der Waals surface area contributed by atoms with Crippen LogP contribution in [0.2, 0.25) is 5.02 Å². The number of benzene rings is 2. The monoisotopic (exact) mass is 482 g/mol. The Balaban J connectivity index is 1.64. The van der Waals surface area contributed by atoms with Gasteiger partial charge in [-0.2, -0.15) is 4.31 Å². The number of rotatable bonds is 7. The first-order valence-corrected chi connectivity index (χ1v) is 11.9. The molecule has 1 unspecified atom stereocenters. The fraction of sp³-hybridized carbons (Fsp3) is 0.364. The number of carbonyl (C=O) groups is 2. The van der Waals surface area contributed by atoms with Crippen LogP contribution in [0.1, 0.15) is 30.9 Å². The fourth-order valence-corrected chi connectivity index (χ4v) is 5.20. The van der Waals surface area contributed by atoms with Crippen molar-refractivity contribution in [1.82, 2.24) is 9.62 Å². The number of esters is 1. The summed E-state index contributed by atoms with van der Waals surface area (Å²) >= 11 is 5.84. The molecule has 1 amide bonds. The highest BCUT2D eigenvalue weighted by molar-refractivity contribution is 7.89. The molecule has 1 atom stereocenters. The van der Waals surface area contributed by atoms with Crippen molar-refractivity contribution in [2.24, 2.45) is 5.92 Å². The Labute approximate surface area is 191 Å². The molecular weight excluding hydrogens is 459 g/mol. The lowest BCUT2D eigenvalue weighted by Crippen LogP contribution is -2.43. The molecule has 10 heteroatoms. The summed E-state index contributed by atoms with van der Waals surface area (Å²) in [6, 6.07) is 10.8. The summed E-state index contributed by atoms with van der Waals surface area (Å²) in [7, 11) is -2.42. The Hall–Kier alpha value is -2.49. The number of hydrogen-bond acceptors (Lipinski definition) is 5. The highest BCUT2D eigenvalue weighted by atomic mass is 35.5. The van der Waals surface area contributed by atoms with Crippen molar-refractivity contribution in [3.8, 4) is 0 Å². The van der Waals surface area contributed by atoms with Gasteiger partial charge in [-0.1, -0.05) is 23.7 Å². The van der Waals surface area contributed by atoms with E-state index < -0.39 is 33.8 Å². The molecule has 1 aliphatic rings. The molecule has 32 heavy (non-hydrogen) atoms. The molecule has 1 aliphatic heterocycles. The van der Waals surface area contributed by atoms with Gasteiger partial charge in [0.05, 0.1) is 24.5 Å². The minimum absolute atomic E-state index is 0.0995. The summed E-state index contributed by atoms with van der Waals surface area (Å²) < 4.78 is 45.0. The summed E-state index contributed by atoms with van der Waals surface area (Å²) in [6.45, 7) is 0.391. The van der Waals surface area contributed by atoms with Crippen molar-refractivity contribution in [3.05, 3.63) is 64.9 Å². The Kier molecular flexibility index (Phi) is 7.86. The number of methoxy groups -OCH3 is 1. The van der Waals surface area contributed by atoms with Gasteiger partial charge < -0.3 is 10.1 Å². The Morgan fingerprint density at radius 1 is 1.12 bits per heavy atom. The van der Waals surface area contributed by atoms with E-state index in [1.54, 1.807) is 0 Å².